The van der Waals surface area contributed by atoms with Crippen molar-refractivity contribution in [1.82, 2.24) is 4.90 Å². The van der Waals surface area contributed by atoms with Gasteiger partial charge in [-0.1, -0.05) is 6.07 Å². The smallest absolute Gasteiger partial charge is 0.381 e. The third-order valence-electron chi connectivity index (χ3n) is 4.20. The van der Waals surface area contributed by atoms with Gasteiger partial charge in [0.05, 0.1) is 5.56 Å². The molecule has 5 heteroatoms. The maximum Gasteiger partial charge on any atom is 0.416 e. The van der Waals surface area contributed by atoms with Gasteiger partial charge in [0.2, 0.25) is 0 Å². The standard InChI is InChI=1S/C14H17F3N2/c15-14(16,17)11-2-1-3-12(8-11)18-13-9-19-6-4-10(13)5-7-19/h1-3,8,10,13,18H,4-7,9H2. The predicted octanol–water partition coefficient (Wildman–Crippen LogP) is 3.21. The molecule has 1 aromatic carbocycles. The topological polar surface area (TPSA) is 15.3 Å². The Labute approximate surface area is 110 Å². The first-order chi connectivity index (χ1) is 9.02. The first kappa shape index (κ1) is 12.8. The number of rotatable bonds is 2. The van der Waals surface area contributed by atoms with E-state index < -0.39 is 11.7 Å². The van der Waals surface area contributed by atoms with Crippen LogP contribution in [0, 0.1) is 5.92 Å². The zero-order valence-electron chi connectivity index (χ0n) is 10.6. The zero-order valence-corrected chi connectivity index (χ0v) is 10.6. The molecule has 1 atom stereocenters. The number of benzene rings is 1. The van der Waals surface area contributed by atoms with E-state index in [-0.39, 0.29) is 6.04 Å². The fourth-order valence-corrected chi connectivity index (χ4v) is 3.13. The monoisotopic (exact) mass is 270 g/mol. The van der Waals surface area contributed by atoms with Crippen molar-refractivity contribution in [2.75, 3.05) is 25.0 Å². The second-order valence-electron chi connectivity index (χ2n) is 5.47. The normalized spacial score (nSPS) is 30.4. The SMILES string of the molecule is FC(F)(F)c1cccc(NC2CN3CCC2CC3)c1. The van der Waals surface area contributed by atoms with Crippen LogP contribution in [0.1, 0.15) is 18.4 Å². The van der Waals surface area contributed by atoms with Gasteiger partial charge in [0.1, 0.15) is 0 Å². The van der Waals surface area contributed by atoms with Crippen molar-refractivity contribution in [3.8, 4) is 0 Å². The molecule has 1 unspecified atom stereocenters. The Bertz CT molecular complexity index is 450. The largest absolute Gasteiger partial charge is 0.416 e. The Morgan fingerprint density at radius 3 is 2.47 bits per heavy atom. The maximum absolute atomic E-state index is 12.7. The first-order valence-electron chi connectivity index (χ1n) is 6.68. The van der Waals surface area contributed by atoms with E-state index in [9.17, 15) is 13.2 Å². The van der Waals surface area contributed by atoms with Gasteiger partial charge in [-0.25, -0.2) is 0 Å². The Morgan fingerprint density at radius 2 is 1.89 bits per heavy atom. The third-order valence-corrected chi connectivity index (χ3v) is 4.20. The van der Waals surface area contributed by atoms with E-state index in [1.165, 1.54) is 12.1 Å². The van der Waals surface area contributed by atoms with Crippen LogP contribution < -0.4 is 5.32 Å². The molecule has 0 aromatic heterocycles. The van der Waals surface area contributed by atoms with Crippen LogP contribution in [0.25, 0.3) is 0 Å². The molecule has 1 aromatic rings. The highest BCUT2D eigenvalue weighted by molar-refractivity contribution is 5.47. The zero-order chi connectivity index (χ0) is 13.5. The molecule has 2 bridgehead atoms. The van der Waals surface area contributed by atoms with Gasteiger partial charge >= 0.3 is 6.18 Å². The van der Waals surface area contributed by atoms with Crippen LogP contribution >= 0.6 is 0 Å². The summed E-state index contributed by atoms with van der Waals surface area (Å²) in [7, 11) is 0. The van der Waals surface area contributed by atoms with Crippen molar-refractivity contribution in [1.29, 1.82) is 0 Å². The van der Waals surface area contributed by atoms with Gasteiger partial charge in [0.25, 0.3) is 0 Å². The summed E-state index contributed by atoms with van der Waals surface area (Å²) in [6.07, 6.45) is -1.97. The average molecular weight is 270 g/mol. The van der Waals surface area contributed by atoms with Crippen LogP contribution in [0.5, 0.6) is 0 Å². The molecule has 0 saturated carbocycles. The van der Waals surface area contributed by atoms with Gasteiger partial charge in [-0.3, -0.25) is 0 Å². The lowest BCUT2D eigenvalue weighted by atomic mass is 9.84. The summed E-state index contributed by atoms with van der Waals surface area (Å²) in [5, 5.41) is 3.28. The Hall–Kier alpha value is -1.23. The van der Waals surface area contributed by atoms with E-state index in [4.69, 9.17) is 0 Å². The van der Waals surface area contributed by atoms with Crippen LogP contribution in [-0.2, 0) is 6.18 Å². The number of anilines is 1. The van der Waals surface area contributed by atoms with E-state index in [0.717, 1.165) is 38.5 Å². The molecule has 0 aliphatic carbocycles. The maximum atomic E-state index is 12.7. The minimum absolute atomic E-state index is 0.283. The summed E-state index contributed by atoms with van der Waals surface area (Å²) >= 11 is 0. The van der Waals surface area contributed by atoms with E-state index in [0.29, 0.717) is 11.6 Å². The number of nitrogens with one attached hydrogen (secondary N) is 1. The molecule has 3 aliphatic rings. The molecule has 0 spiro atoms. The van der Waals surface area contributed by atoms with E-state index in [2.05, 4.69) is 10.2 Å². The number of piperidine rings is 3. The fraction of sp³-hybridized carbons (Fsp3) is 0.571. The van der Waals surface area contributed by atoms with E-state index >= 15 is 0 Å². The fourth-order valence-electron chi connectivity index (χ4n) is 3.13. The minimum Gasteiger partial charge on any atom is -0.381 e. The van der Waals surface area contributed by atoms with E-state index in [1.54, 1.807) is 6.07 Å². The Kier molecular flexibility index (Phi) is 3.17. The predicted molar refractivity (Wildman–Crippen MR) is 68.0 cm³/mol. The Morgan fingerprint density at radius 1 is 1.16 bits per heavy atom. The number of nitrogens with zero attached hydrogens (tertiary/aromatic N) is 1. The van der Waals surface area contributed by atoms with Crippen molar-refractivity contribution in [3.05, 3.63) is 29.8 Å². The molecule has 3 heterocycles. The average Bonchev–Trinajstić information content (AvgIpc) is 2.39. The highest BCUT2D eigenvalue weighted by Crippen LogP contribution is 2.33. The molecule has 2 nitrogen and oxygen atoms in total. The quantitative estimate of drug-likeness (QED) is 0.887. The summed E-state index contributed by atoms with van der Waals surface area (Å²) < 4.78 is 38.0. The van der Waals surface area contributed by atoms with Gasteiger partial charge in [-0.05, 0) is 50.0 Å². The van der Waals surface area contributed by atoms with Crippen LogP contribution in [0.4, 0.5) is 18.9 Å². The third kappa shape index (κ3) is 2.71. The van der Waals surface area contributed by atoms with Gasteiger partial charge in [0.15, 0.2) is 0 Å². The summed E-state index contributed by atoms with van der Waals surface area (Å²) in [4.78, 5) is 2.38. The summed E-state index contributed by atoms with van der Waals surface area (Å²) in [5.41, 5.74) is -0.00708. The van der Waals surface area contributed by atoms with Crippen molar-refractivity contribution in [2.24, 2.45) is 5.92 Å². The van der Waals surface area contributed by atoms with E-state index in [1.807, 2.05) is 0 Å². The lowest BCUT2D eigenvalue weighted by molar-refractivity contribution is -0.137. The number of hydrogen-bond donors (Lipinski definition) is 1. The molecule has 0 amide bonds. The summed E-state index contributed by atoms with van der Waals surface area (Å²) in [6.45, 7) is 3.21. The van der Waals surface area contributed by atoms with Crippen LogP contribution in [0.3, 0.4) is 0 Å². The second kappa shape index (κ2) is 4.71. The second-order valence-corrected chi connectivity index (χ2v) is 5.47. The van der Waals surface area contributed by atoms with Crippen LogP contribution in [-0.4, -0.2) is 30.6 Å². The molecule has 3 aliphatic heterocycles. The number of fused-ring (bicyclic) bond motifs is 3. The molecule has 19 heavy (non-hydrogen) atoms. The molecular formula is C14H17F3N2. The molecule has 4 rings (SSSR count). The van der Waals surface area contributed by atoms with Gasteiger partial charge in [-0.15, -0.1) is 0 Å². The minimum atomic E-state index is -4.27. The molecule has 3 saturated heterocycles. The molecular weight excluding hydrogens is 253 g/mol. The molecule has 1 N–H and O–H groups in total. The van der Waals surface area contributed by atoms with Crippen molar-refractivity contribution in [2.45, 2.75) is 25.1 Å². The number of hydrogen-bond acceptors (Lipinski definition) is 2. The van der Waals surface area contributed by atoms with Gasteiger partial charge in [0, 0.05) is 18.3 Å². The highest BCUT2D eigenvalue weighted by Gasteiger charge is 2.34. The van der Waals surface area contributed by atoms with Crippen LogP contribution in [0.15, 0.2) is 24.3 Å². The molecule has 104 valence electrons. The van der Waals surface area contributed by atoms with Crippen LogP contribution in [0.2, 0.25) is 0 Å². The van der Waals surface area contributed by atoms with Crippen molar-refractivity contribution in [3.63, 3.8) is 0 Å². The lowest BCUT2D eigenvalue weighted by Gasteiger charge is -2.45. The number of halogens is 3. The summed E-state index contributed by atoms with van der Waals surface area (Å²) in [6, 6.07) is 5.78. The number of alkyl halides is 3. The first-order valence-corrected chi connectivity index (χ1v) is 6.68. The van der Waals surface area contributed by atoms with Gasteiger partial charge < -0.3 is 10.2 Å². The molecule has 3 fully saturated rings. The van der Waals surface area contributed by atoms with Crippen molar-refractivity contribution >= 4 is 5.69 Å². The lowest BCUT2D eigenvalue weighted by Crippen LogP contribution is -2.53. The Balaban J connectivity index is 1.73. The van der Waals surface area contributed by atoms with Gasteiger partial charge in [-0.2, -0.15) is 13.2 Å². The van der Waals surface area contributed by atoms with Crippen molar-refractivity contribution < 1.29 is 13.2 Å². The highest BCUT2D eigenvalue weighted by atomic mass is 19.4. The summed E-state index contributed by atoms with van der Waals surface area (Å²) in [5.74, 6) is 0.597. The molecule has 0 radical (unpaired) electrons.